The number of nitrogens with one attached hydrogen (secondary N) is 2. The maximum Gasteiger partial charge on any atom is 0.326 e. The monoisotopic (exact) mass is 286 g/mol. The lowest BCUT2D eigenvalue weighted by Gasteiger charge is -2.28. The van der Waals surface area contributed by atoms with Gasteiger partial charge in [-0.2, -0.15) is 0 Å². The first-order chi connectivity index (χ1) is 9.43. The van der Waals surface area contributed by atoms with Crippen LogP contribution in [0, 0.1) is 5.92 Å². The second kappa shape index (κ2) is 7.84. The smallest absolute Gasteiger partial charge is 0.326 e. The normalized spacial score (nSPS) is 23.7. The van der Waals surface area contributed by atoms with E-state index in [1.54, 1.807) is 0 Å². The standard InChI is InChI=1S/C13H22N2O5/c1-8-5-6-14-10(7-8)12(17)15-9(13(18)19)3-4-11(16)20-2/h8-10,14H,3-7H2,1-2H3,(H,15,17)(H,18,19)/t8?,9-,10?/m1/s1. The van der Waals surface area contributed by atoms with Crippen LogP contribution in [0.15, 0.2) is 0 Å². The molecule has 0 bridgehead atoms. The van der Waals surface area contributed by atoms with Gasteiger partial charge in [0.2, 0.25) is 5.91 Å². The van der Waals surface area contributed by atoms with Crippen molar-refractivity contribution in [2.75, 3.05) is 13.7 Å². The molecule has 7 heteroatoms. The summed E-state index contributed by atoms with van der Waals surface area (Å²) >= 11 is 0. The fraction of sp³-hybridized carbons (Fsp3) is 0.769. The van der Waals surface area contributed by atoms with Crippen molar-refractivity contribution in [3.05, 3.63) is 0 Å². The summed E-state index contributed by atoms with van der Waals surface area (Å²) in [6.07, 6.45) is 1.68. The fourth-order valence-electron chi connectivity index (χ4n) is 2.20. The number of carboxylic acid groups (broad SMARTS) is 1. The summed E-state index contributed by atoms with van der Waals surface area (Å²) in [5.74, 6) is -1.53. The molecule has 1 saturated heterocycles. The van der Waals surface area contributed by atoms with E-state index in [4.69, 9.17) is 5.11 Å². The molecule has 0 aromatic carbocycles. The van der Waals surface area contributed by atoms with Crippen LogP contribution in [-0.4, -0.2) is 48.7 Å². The van der Waals surface area contributed by atoms with E-state index in [1.807, 2.05) is 0 Å². The van der Waals surface area contributed by atoms with Crippen LogP contribution in [0.2, 0.25) is 0 Å². The molecule has 0 radical (unpaired) electrons. The van der Waals surface area contributed by atoms with E-state index < -0.39 is 18.0 Å². The second-order valence-electron chi connectivity index (χ2n) is 5.15. The van der Waals surface area contributed by atoms with Gasteiger partial charge in [-0.05, 0) is 31.7 Å². The molecule has 0 spiro atoms. The molecule has 3 N–H and O–H groups in total. The zero-order valence-corrected chi connectivity index (χ0v) is 11.8. The lowest BCUT2D eigenvalue weighted by molar-refractivity contribution is -0.144. The van der Waals surface area contributed by atoms with Crippen molar-refractivity contribution in [3.63, 3.8) is 0 Å². The number of amides is 1. The minimum atomic E-state index is -1.15. The Balaban J connectivity index is 2.49. The van der Waals surface area contributed by atoms with E-state index in [9.17, 15) is 14.4 Å². The minimum Gasteiger partial charge on any atom is -0.480 e. The summed E-state index contributed by atoms with van der Waals surface area (Å²) in [7, 11) is 1.24. The van der Waals surface area contributed by atoms with Crippen molar-refractivity contribution in [1.29, 1.82) is 0 Å². The fourth-order valence-corrected chi connectivity index (χ4v) is 2.20. The van der Waals surface area contributed by atoms with Crippen LogP contribution in [0.4, 0.5) is 0 Å². The molecular weight excluding hydrogens is 264 g/mol. The van der Waals surface area contributed by atoms with Gasteiger partial charge in [-0.25, -0.2) is 4.79 Å². The minimum absolute atomic E-state index is 0.0238. The maximum atomic E-state index is 12.0. The van der Waals surface area contributed by atoms with E-state index in [0.717, 1.165) is 13.0 Å². The molecule has 1 amide bonds. The van der Waals surface area contributed by atoms with Crippen LogP contribution in [-0.2, 0) is 19.1 Å². The summed E-state index contributed by atoms with van der Waals surface area (Å²) < 4.78 is 4.46. The summed E-state index contributed by atoms with van der Waals surface area (Å²) in [6.45, 7) is 2.81. The summed E-state index contributed by atoms with van der Waals surface area (Å²) in [4.78, 5) is 34.1. The van der Waals surface area contributed by atoms with E-state index in [0.29, 0.717) is 12.3 Å². The van der Waals surface area contributed by atoms with Gasteiger partial charge < -0.3 is 20.5 Å². The highest BCUT2D eigenvalue weighted by molar-refractivity contribution is 5.87. The number of esters is 1. The summed E-state index contributed by atoms with van der Waals surface area (Å²) in [6, 6.07) is -1.43. The number of hydrogen-bond donors (Lipinski definition) is 3. The number of carbonyl (C=O) groups excluding carboxylic acids is 2. The molecule has 2 unspecified atom stereocenters. The van der Waals surface area contributed by atoms with E-state index in [1.165, 1.54) is 7.11 Å². The van der Waals surface area contributed by atoms with Gasteiger partial charge in [-0.1, -0.05) is 6.92 Å². The van der Waals surface area contributed by atoms with Gasteiger partial charge in [0, 0.05) is 6.42 Å². The average molecular weight is 286 g/mol. The third-order valence-electron chi connectivity index (χ3n) is 3.46. The largest absolute Gasteiger partial charge is 0.480 e. The van der Waals surface area contributed by atoms with Crippen molar-refractivity contribution in [2.45, 2.75) is 44.7 Å². The third-order valence-corrected chi connectivity index (χ3v) is 3.46. The molecule has 1 aliphatic rings. The SMILES string of the molecule is COC(=O)CC[C@@H](NC(=O)C1CC(C)CCN1)C(=O)O. The lowest BCUT2D eigenvalue weighted by Crippen LogP contribution is -2.52. The average Bonchev–Trinajstić information content (AvgIpc) is 2.42. The van der Waals surface area contributed by atoms with E-state index in [-0.39, 0.29) is 24.8 Å². The molecule has 114 valence electrons. The molecule has 0 aromatic rings. The number of aliphatic carboxylic acids is 1. The Morgan fingerprint density at radius 2 is 2.15 bits per heavy atom. The Kier molecular flexibility index (Phi) is 6.44. The number of ether oxygens (including phenoxy) is 1. The van der Waals surface area contributed by atoms with Crippen LogP contribution in [0.1, 0.15) is 32.6 Å². The first-order valence-electron chi connectivity index (χ1n) is 6.77. The summed E-state index contributed by atoms with van der Waals surface area (Å²) in [5.41, 5.74) is 0. The Morgan fingerprint density at radius 1 is 1.45 bits per heavy atom. The van der Waals surface area contributed by atoms with Gasteiger partial charge in [-0.3, -0.25) is 9.59 Å². The molecule has 1 rings (SSSR count). The van der Waals surface area contributed by atoms with Gasteiger partial charge in [0.1, 0.15) is 6.04 Å². The molecule has 20 heavy (non-hydrogen) atoms. The molecular formula is C13H22N2O5. The van der Waals surface area contributed by atoms with Gasteiger partial charge in [0.15, 0.2) is 0 Å². The topological polar surface area (TPSA) is 105 Å². The number of carbonyl (C=O) groups is 3. The van der Waals surface area contributed by atoms with E-state index >= 15 is 0 Å². The molecule has 7 nitrogen and oxygen atoms in total. The Hall–Kier alpha value is -1.63. The molecule has 0 saturated carbocycles. The van der Waals surface area contributed by atoms with Crippen LogP contribution in [0.25, 0.3) is 0 Å². The molecule has 0 aromatic heterocycles. The predicted octanol–water partition coefficient (Wildman–Crippen LogP) is -0.103. The third kappa shape index (κ3) is 5.16. The number of piperidine rings is 1. The van der Waals surface area contributed by atoms with Crippen LogP contribution >= 0.6 is 0 Å². The van der Waals surface area contributed by atoms with Crippen molar-refractivity contribution in [2.24, 2.45) is 5.92 Å². The molecule has 1 fully saturated rings. The first kappa shape index (κ1) is 16.4. The zero-order valence-electron chi connectivity index (χ0n) is 11.8. The number of carboxylic acids is 1. The molecule has 0 aliphatic carbocycles. The van der Waals surface area contributed by atoms with Gasteiger partial charge in [-0.15, -0.1) is 0 Å². The van der Waals surface area contributed by atoms with Crippen LogP contribution in [0.5, 0.6) is 0 Å². The van der Waals surface area contributed by atoms with Gasteiger partial charge in [0.25, 0.3) is 0 Å². The zero-order chi connectivity index (χ0) is 15.1. The Labute approximate surface area is 118 Å². The Bertz CT molecular complexity index is 372. The summed E-state index contributed by atoms with van der Waals surface area (Å²) in [5, 5.41) is 14.6. The number of methoxy groups -OCH3 is 1. The van der Waals surface area contributed by atoms with Crippen molar-refractivity contribution >= 4 is 17.8 Å². The van der Waals surface area contributed by atoms with Crippen molar-refractivity contribution in [3.8, 4) is 0 Å². The highest BCUT2D eigenvalue weighted by Crippen LogP contribution is 2.15. The predicted molar refractivity (Wildman–Crippen MR) is 71.0 cm³/mol. The first-order valence-corrected chi connectivity index (χ1v) is 6.77. The van der Waals surface area contributed by atoms with Crippen LogP contribution < -0.4 is 10.6 Å². The highest BCUT2D eigenvalue weighted by atomic mass is 16.5. The van der Waals surface area contributed by atoms with Gasteiger partial charge >= 0.3 is 11.9 Å². The van der Waals surface area contributed by atoms with E-state index in [2.05, 4.69) is 22.3 Å². The molecule has 1 aliphatic heterocycles. The highest BCUT2D eigenvalue weighted by Gasteiger charge is 2.28. The quantitative estimate of drug-likeness (QED) is 0.589. The number of hydrogen-bond acceptors (Lipinski definition) is 5. The van der Waals surface area contributed by atoms with Crippen molar-refractivity contribution < 1.29 is 24.2 Å². The second-order valence-corrected chi connectivity index (χ2v) is 5.15. The maximum absolute atomic E-state index is 12.0. The van der Waals surface area contributed by atoms with Gasteiger partial charge in [0.05, 0.1) is 13.2 Å². The number of rotatable bonds is 6. The molecule has 3 atom stereocenters. The van der Waals surface area contributed by atoms with Crippen LogP contribution in [0.3, 0.4) is 0 Å². The van der Waals surface area contributed by atoms with Crippen molar-refractivity contribution in [1.82, 2.24) is 10.6 Å². The molecule has 1 heterocycles. The Morgan fingerprint density at radius 3 is 2.70 bits per heavy atom. The lowest BCUT2D eigenvalue weighted by atomic mass is 9.93.